The maximum atomic E-state index is 14.1. The molecule has 1 fully saturated rings. The van der Waals surface area contributed by atoms with Gasteiger partial charge in [-0.1, -0.05) is 42.5 Å². The summed E-state index contributed by atoms with van der Waals surface area (Å²) in [5, 5.41) is 0. The number of halogens is 1. The van der Waals surface area contributed by atoms with Crippen LogP contribution in [0, 0.1) is 5.82 Å². The summed E-state index contributed by atoms with van der Waals surface area (Å²) >= 11 is 0. The van der Waals surface area contributed by atoms with E-state index < -0.39 is 0 Å². The van der Waals surface area contributed by atoms with Crippen molar-refractivity contribution in [2.24, 2.45) is 0 Å². The number of amides is 1. The first kappa shape index (κ1) is 19.8. The average molecular weight is 419 g/mol. The first-order valence-corrected chi connectivity index (χ1v) is 10.9. The molecule has 6 heteroatoms. The molecular weight excluding hydrogens is 391 g/mol. The number of carbonyl (C=O) groups is 1. The Balaban J connectivity index is 1.27. The highest BCUT2D eigenvalue weighted by molar-refractivity contribution is 5.78. The van der Waals surface area contributed by atoms with E-state index in [1.165, 1.54) is 17.3 Å². The third-order valence-electron chi connectivity index (χ3n) is 6.42. The Bertz CT molecular complexity index is 1040. The van der Waals surface area contributed by atoms with Gasteiger partial charge in [-0.2, -0.15) is 0 Å². The van der Waals surface area contributed by atoms with Gasteiger partial charge >= 0.3 is 0 Å². The molecule has 0 aliphatic carbocycles. The largest absolute Gasteiger partial charge is 0.366 e. The van der Waals surface area contributed by atoms with Gasteiger partial charge in [0, 0.05) is 51.2 Å². The van der Waals surface area contributed by atoms with Crippen LogP contribution < -0.4 is 4.90 Å². The molecule has 5 rings (SSSR count). The number of fused-ring (bicyclic) bond motifs is 1. The van der Waals surface area contributed by atoms with Crippen LogP contribution in [0.1, 0.15) is 17.3 Å². The van der Waals surface area contributed by atoms with Crippen molar-refractivity contribution in [3.8, 4) is 0 Å². The van der Waals surface area contributed by atoms with Gasteiger partial charge in [0.15, 0.2) is 0 Å². The number of hydrogen-bond donors (Lipinski definition) is 0. The van der Waals surface area contributed by atoms with Crippen molar-refractivity contribution in [2.45, 2.75) is 12.6 Å². The summed E-state index contributed by atoms with van der Waals surface area (Å²) < 4.78 is 16.4. The highest BCUT2D eigenvalue weighted by atomic mass is 19.1. The number of nitrogens with zero attached hydrogens (tertiary/aromatic N) is 4. The molecule has 160 valence electrons. The Kier molecular flexibility index (Phi) is 5.47. The first-order valence-electron chi connectivity index (χ1n) is 10.9. The van der Waals surface area contributed by atoms with E-state index in [4.69, 9.17) is 0 Å². The Morgan fingerprint density at radius 2 is 1.58 bits per heavy atom. The number of piperazine rings is 1. The number of para-hydroxylation sites is 1. The Morgan fingerprint density at radius 1 is 0.839 bits per heavy atom. The fourth-order valence-corrected chi connectivity index (χ4v) is 4.80. The first-order chi connectivity index (χ1) is 15.2. The third kappa shape index (κ3) is 3.95. The molecule has 2 aliphatic rings. The van der Waals surface area contributed by atoms with Gasteiger partial charge in [-0.05, 0) is 29.8 Å². The predicted octanol–water partition coefficient (Wildman–Crippen LogP) is 3.38. The second-order valence-corrected chi connectivity index (χ2v) is 8.23. The lowest BCUT2D eigenvalue weighted by molar-refractivity contribution is -0.133. The SMILES string of the molecule is O=C(CN1CCn2cccc2C1c1ccccc1)N1CCN(c2ccccc2F)CC1. The zero-order valence-electron chi connectivity index (χ0n) is 17.5. The molecular formula is C25H27FN4O. The maximum Gasteiger partial charge on any atom is 0.236 e. The summed E-state index contributed by atoms with van der Waals surface area (Å²) in [5.41, 5.74) is 3.06. The number of aromatic nitrogens is 1. The van der Waals surface area contributed by atoms with Crippen molar-refractivity contribution in [3.63, 3.8) is 0 Å². The molecule has 1 amide bonds. The van der Waals surface area contributed by atoms with Gasteiger partial charge in [-0.3, -0.25) is 9.69 Å². The maximum absolute atomic E-state index is 14.1. The monoisotopic (exact) mass is 418 g/mol. The van der Waals surface area contributed by atoms with E-state index in [9.17, 15) is 9.18 Å². The van der Waals surface area contributed by atoms with Crippen LogP contribution in [0.3, 0.4) is 0 Å². The van der Waals surface area contributed by atoms with E-state index in [-0.39, 0.29) is 17.8 Å². The summed E-state index contributed by atoms with van der Waals surface area (Å²) in [5.74, 6) is -0.0570. The van der Waals surface area contributed by atoms with Crippen molar-refractivity contribution < 1.29 is 9.18 Å². The van der Waals surface area contributed by atoms with Crippen LogP contribution in [0.25, 0.3) is 0 Å². The second-order valence-electron chi connectivity index (χ2n) is 8.23. The molecule has 3 heterocycles. The average Bonchev–Trinajstić information content (AvgIpc) is 3.29. The Morgan fingerprint density at radius 3 is 2.35 bits per heavy atom. The fourth-order valence-electron chi connectivity index (χ4n) is 4.80. The number of rotatable bonds is 4. The van der Waals surface area contributed by atoms with Gasteiger partial charge in [-0.25, -0.2) is 4.39 Å². The van der Waals surface area contributed by atoms with Crippen molar-refractivity contribution in [2.75, 3.05) is 44.2 Å². The minimum absolute atomic E-state index is 0.0774. The summed E-state index contributed by atoms with van der Waals surface area (Å²) in [6.07, 6.45) is 2.12. The zero-order valence-corrected chi connectivity index (χ0v) is 17.5. The summed E-state index contributed by atoms with van der Waals surface area (Å²) in [6.45, 7) is 4.66. The number of hydrogen-bond acceptors (Lipinski definition) is 3. The molecule has 1 unspecified atom stereocenters. The lowest BCUT2D eigenvalue weighted by Gasteiger charge is -2.40. The van der Waals surface area contributed by atoms with Crippen LogP contribution in [-0.4, -0.2) is 59.5 Å². The minimum atomic E-state index is -0.204. The molecule has 31 heavy (non-hydrogen) atoms. The van der Waals surface area contributed by atoms with Crippen LogP contribution >= 0.6 is 0 Å². The number of carbonyl (C=O) groups excluding carboxylic acids is 1. The van der Waals surface area contributed by atoms with E-state index in [1.807, 2.05) is 21.9 Å². The molecule has 0 N–H and O–H groups in total. The molecule has 1 atom stereocenters. The van der Waals surface area contributed by atoms with Crippen molar-refractivity contribution in [3.05, 3.63) is 90.0 Å². The highest BCUT2D eigenvalue weighted by Crippen LogP contribution is 2.32. The van der Waals surface area contributed by atoms with Crippen LogP contribution in [0.4, 0.5) is 10.1 Å². The van der Waals surface area contributed by atoms with Crippen LogP contribution in [0.15, 0.2) is 72.9 Å². The van der Waals surface area contributed by atoms with Crippen LogP contribution in [0.2, 0.25) is 0 Å². The van der Waals surface area contributed by atoms with E-state index in [2.05, 4.69) is 52.1 Å². The van der Waals surface area contributed by atoms with E-state index >= 15 is 0 Å². The smallest absolute Gasteiger partial charge is 0.236 e. The molecule has 0 saturated carbocycles. The third-order valence-corrected chi connectivity index (χ3v) is 6.42. The summed E-state index contributed by atoms with van der Waals surface area (Å²) in [4.78, 5) is 19.4. The van der Waals surface area contributed by atoms with E-state index in [0.29, 0.717) is 38.4 Å². The normalized spacial score (nSPS) is 19.3. The highest BCUT2D eigenvalue weighted by Gasteiger charge is 2.32. The van der Waals surface area contributed by atoms with Gasteiger partial charge in [0.25, 0.3) is 0 Å². The fraction of sp³-hybridized carbons (Fsp3) is 0.320. The van der Waals surface area contributed by atoms with Crippen molar-refractivity contribution in [1.82, 2.24) is 14.4 Å². The zero-order chi connectivity index (χ0) is 21.2. The molecule has 0 spiro atoms. The molecule has 1 saturated heterocycles. The summed E-state index contributed by atoms with van der Waals surface area (Å²) in [6, 6.07) is 21.6. The predicted molar refractivity (Wildman–Crippen MR) is 119 cm³/mol. The molecule has 2 aromatic carbocycles. The van der Waals surface area contributed by atoms with Gasteiger partial charge in [-0.15, -0.1) is 0 Å². The van der Waals surface area contributed by atoms with E-state index in [0.717, 1.165) is 13.1 Å². The minimum Gasteiger partial charge on any atom is -0.366 e. The van der Waals surface area contributed by atoms with E-state index in [1.54, 1.807) is 12.1 Å². The van der Waals surface area contributed by atoms with Crippen molar-refractivity contribution in [1.29, 1.82) is 0 Å². The second kappa shape index (κ2) is 8.55. The Hall–Kier alpha value is -3.12. The molecule has 0 radical (unpaired) electrons. The van der Waals surface area contributed by atoms with Crippen LogP contribution in [-0.2, 0) is 11.3 Å². The molecule has 1 aromatic heterocycles. The Labute approximate surface area is 182 Å². The molecule has 2 aliphatic heterocycles. The van der Waals surface area contributed by atoms with Crippen LogP contribution in [0.5, 0.6) is 0 Å². The van der Waals surface area contributed by atoms with Gasteiger partial charge in [0.1, 0.15) is 5.82 Å². The van der Waals surface area contributed by atoms with Gasteiger partial charge in [0.05, 0.1) is 18.3 Å². The topological polar surface area (TPSA) is 31.7 Å². The van der Waals surface area contributed by atoms with Crippen molar-refractivity contribution >= 4 is 11.6 Å². The van der Waals surface area contributed by atoms with Gasteiger partial charge in [0.2, 0.25) is 5.91 Å². The summed E-state index contributed by atoms with van der Waals surface area (Å²) in [7, 11) is 0. The lowest BCUT2D eigenvalue weighted by Crippen LogP contribution is -2.52. The molecule has 3 aromatic rings. The van der Waals surface area contributed by atoms with Gasteiger partial charge < -0.3 is 14.4 Å². The lowest BCUT2D eigenvalue weighted by atomic mass is 10.00. The molecule has 0 bridgehead atoms. The molecule has 5 nitrogen and oxygen atoms in total. The standard InChI is InChI=1S/C25H27FN4O/c26-21-9-4-5-10-22(21)28-13-16-29(17-14-28)24(31)19-30-18-15-27-12-6-11-23(27)25(30)20-7-2-1-3-8-20/h1-12,25H,13-19H2. The quantitative estimate of drug-likeness (QED) is 0.651. The number of anilines is 1. The number of benzene rings is 2.